The first-order valence-electron chi connectivity index (χ1n) is 8.27. The molecule has 0 saturated carbocycles. The molecule has 0 amide bonds. The molecule has 10 heteroatoms. The molecule has 0 atom stereocenters. The zero-order chi connectivity index (χ0) is 20.1. The molecule has 1 heterocycles. The Morgan fingerprint density at radius 2 is 1.89 bits per heavy atom. The normalized spacial score (nSPS) is 15.7. The Kier molecular flexibility index (Phi) is 6.43. The van der Waals surface area contributed by atoms with Gasteiger partial charge in [0.25, 0.3) is 10.0 Å². The molecule has 7 nitrogen and oxygen atoms in total. The van der Waals surface area contributed by atoms with Crippen molar-refractivity contribution in [1.29, 1.82) is 0 Å². The Bertz CT molecular complexity index is 1020. The average Bonchev–Trinajstić information content (AvgIpc) is 2.91. The van der Waals surface area contributed by atoms with Crippen molar-refractivity contribution in [2.24, 2.45) is 4.99 Å². The van der Waals surface area contributed by atoms with Gasteiger partial charge in [-0.3, -0.25) is 14.5 Å². The van der Waals surface area contributed by atoms with Crippen LogP contribution in [0.5, 0.6) is 5.75 Å². The van der Waals surface area contributed by atoms with Crippen molar-refractivity contribution in [2.75, 3.05) is 19.8 Å². The zero-order valence-corrected chi connectivity index (χ0v) is 16.9. The van der Waals surface area contributed by atoms with Gasteiger partial charge in [0.2, 0.25) is 0 Å². The van der Waals surface area contributed by atoms with Gasteiger partial charge in [-0.2, -0.15) is 0 Å². The molecule has 0 bridgehead atoms. The number of hydrogen-bond donors (Lipinski definition) is 1. The first-order valence-corrected chi connectivity index (χ1v) is 10.5. The summed E-state index contributed by atoms with van der Waals surface area (Å²) in [5.41, 5.74) is 0.490. The number of fused-ring (bicyclic) bond motifs is 1. The molecule has 0 unspecified atom stereocenters. The van der Waals surface area contributed by atoms with E-state index in [1.807, 2.05) is 0 Å². The lowest BCUT2D eigenvalue weighted by Crippen LogP contribution is -2.22. The van der Waals surface area contributed by atoms with Crippen LogP contribution < -0.4 is 9.46 Å². The summed E-state index contributed by atoms with van der Waals surface area (Å²) in [6, 6.07) is 11.3. The SMILES string of the molecule is O=C(CCN=C1NS(=O)(=O)c2ccccc21)OCCOc1ccc(Cl)cc1Cl. The number of amidine groups is 1. The van der Waals surface area contributed by atoms with E-state index in [9.17, 15) is 13.2 Å². The summed E-state index contributed by atoms with van der Waals surface area (Å²) in [4.78, 5) is 16.1. The number of carbonyl (C=O) groups excluding carboxylic acids is 1. The van der Waals surface area contributed by atoms with E-state index < -0.39 is 16.0 Å². The second-order valence-corrected chi connectivity index (χ2v) is 8.22. The van der Waals surface area contributed by atoms with Gasteiger partial charge >= 0.3 is 5.97 Å². The number of carbonyl (C=O) groups is 1. The lowest BCUT2D eigenvalue weighted by Gasteiger charge is -2.08. The Balaban J connectivity index is 1.43. The minimum absolute atomic E-state index is 0.00902. The number of nitrogens with zero attached hydrogens (tertiary/aromatic N) is 1. The Labute approximate surface area is 172 Å². The van der Waals surface area contributed by atoms with Gasteiger partial charge in [-0.1, -0.05) is 35.3 Å². The number of nitrogens with one attached hydrogen (secondary N) is 1. The molecule has 2 aromatic rings. The fraction of sp³-hybridized carbons (Fsp3) is 0.222. The predicted molar refractivity (Wildman–Crippen MR) is 106 cm³/mol. The van der Waals surface area contributed by atoms with E-state index in [0.717, 1.165) is 0 Å². The summed E-state index contributed by atoms with van der Waals surface area (Å²) in [5.74, 6) is 0.203. The summed E-state index contributed by atoms with van der Waals surface area (Å²) in [7, 11) is -3.59. The van der Waals surface area contributed by atoms with Gasteiger partial charge in [-0.15, -0.1) is 0 Å². The van der Waals surface area contributed by atoms with E-state index in [0.29, 0.717) is 21.4 Å². The summed E-state index contributed by atoms with van der Waals surface area (Å²) in [5, 5.41) is 0.867. The molecular weight excluding hydrogens is 427 g/mol. The van der Waals surface area contributed by atoms with Crippen LogP contribution in [0.15, 0.2) is 52.4 Å². The van der Waals surface area contributed by atoms with Crippen LogP contribution in [0.3, 0.4) is 0 Å². The molecule has 3 rings (SSSR count). The van der Waals surface area contributed by atoms with E-state index in [4.69, 9.17) is 32.7 Å². The molecule has 0 radical (unpaired) electrons. The van der Waals surface area contributed by atoms with Crippen LogP contribution in [0.4, 0.5) is 0 Å². The van der Waals surface area contributed by atoms with Gasteiger partial charge in [0.15, 0.2) is 0 Å². The Morgan fingerprint density at radius 1 is 1.11 bits per heavy atom. The number of benzene rings is 2. The topological polar surface area (TPSA) is 94.1 Å². The molecule has 1 aliphatic rings. The van der Waals surface area contributed by atoms with Crippen LogP contribution in [0.2, 0.25) is 10.0 Å². The van der Waals surface area contributed by atoms with Crippen LogP contribution in [0.25, 0.3) is 0 Å². The van der Waals surface area contributed by atoms with Crippen molar-refractivity contribution in [1.82, 2.24) is 4.72 Å². The second-order valence-electron chi connectivity index (χ2n) is 5.73. The van der Waals surface area contributed by atoms with Crippen LogP contribution in [-0.2, 0) is 19.6 Å². The molecule has 0 aliphatic carbocycles. The first-order chi connectivity index (χ1) is 13.4. The third-order valence-corrected chi connectivity index (χ3v) is 5.67. The molecule has 0 spiro atoms. The highest BCUT2D eigenvalue weighted by atomic mass is 35.5. The molecule has 1 aliphatic heterocycles. The van der Waals surface area contributed by atoms with E-state index in [-0.39, 0.29) is 36.9 Å². The molecule has 28 heavy (non-hydrogen) atoms. The zero-order valence-electron chi connectivity index (χ0n) is 14.5. The van der Waals surface area contributed by atoms with Crippen molar-refractivity contribution in [3.8, 4) is 5.75 Å². The van der Waals surface area contributed by atoms with Crippen molar-refractivity contribution >= 4 is 45.0 Å². The third kappa shape index (κ3) is 4.95. The van der Waals surface area contributed by atoms with E-state index in [1.54, 1.807) is 36.4 Å². The van der Waals surface area contributed by atoms with E-state index >= 15 is 0 Å². The first kappa shape index (κ1) is 20.4. The Hall–Kier alpha value is -2.29. The summed E-state index contributed by atoms with van der Waals surface area (Å²) in [6.07, 6.45) is 0.00902. The minimum atomic E-state index is -3.59. The number of ether oxygens (including phenoxy) is 2. The number of halogens is 2. The number of aliphatic imine (C=N–C) groups is 1. The monoisotopic (exact) mass is 442 g/mol. The fourth-order valence-electron chi connectivity index (χ4n) is 2.48. The smallest absolute Gasteiger partial charge is 0.307 e. The third-order valence-electron chi connectivity index (χ3n) is 3.75. The summed E-state index contributed by atoms with van der Waals surface area (Å²) < 4.78 is 36.8. The quantitative estimate of drug-likeness (QED) is 0.525. The molecule has 2 aromatic carbocycles. The number of esters is 1. The average molecular weight is 443 g/mol. The molecule has 148 valence electrons. The number of hydrogen-bond acceptors (Lipinski definition) is 6. The fourth-order valence-corrected chi connectivity index (χ4v) is 4.20. The highest BCUT2D eigenvalue weighted by Gasteiger charge is 2.29. The van der Waals surface area contributed by atoms with Gasteiger partial charge in [-0.25, -0.2) is 8.42 Å². The molecule has 0 aromatic heterocycles. The maximum Gasteiger partial charge on any atom is 0.307 e. The predicted octanol–water partition coefficient (Wildman–Crippen LogP) is 3.04. The van der Waals surface area contributed by atoms with E-state index in [2.05, 4.69) is 9.71 Å². The maximum absolute atomic E-state index is 12.0. The number of sulfonamides is 1. The van der Waals surface area contributed by atoms with Gasteiger partial charge in [0.1, 0.15) is 24.8 Å². The highest BCUT2D eigenvalue weighted by Crippen LogP contribution is 2.27. The van der Waals surface area contributed by atoms with Crippen molar-refractivity contribution in [3.05, 3.63) is 58.1 Å². The minimum Gasteiger partial charge on any atom is -0.488 e. The van der Waals surface area contributed by atoms with Crippen LogP contribution >= 0.6 is 23.2 Å². The molecule has 0 fully saturated rings. The van der Waals surface area contributed by atoms with Gasteiger partial charge in [0, 0.05) is 10.6 Å². The Morgan fingerprint density at radius 3 is 2.68 bits per heavy atom. The molecule has 0 saturated heterocycles. The van der Waals surface area contributed by atoms with Crippen LogP contribution in [-0.4, -0.2) is 40.0 Å². The van der Waals surface area contributed by atoms with Crippen LogP contribution in [0, 0.1) is 0 Å². The van der Waals surface area contributed by atoms with Crippen molar-refractivity contribution in [3.63, 3.8) is 0 Å². The van der Waals surface area contributed by atoms with Gasteiger partial charge in [0.05, 0.1) is 22.9 Å². The number of rotatable bonds is 7. The largest absolute Gasteiger partial charge is 0.488 e. The van der Waals surface area contributed by atoms with Gasteiger partial charge < -0.3 is 9.47 Å². The standard InChI is InChI=1S/C18H16Cl2N2O5S/c19-12-5-6-15(14(20)11-12)26-9-10-27-17(23)7-8-21-18-13-3-1-2-4-16(13)28(24,25)22-18/h1-6,11H,7-10H2,(H,21,22). The lowest BCUT2D eigenvalue weighted by molar-refractivity contribution is -0.144. The lowest BCUT2D eigenvalue weighted by atomic mass is 10.2. The summed E-state index contributed by atoms with van der Waals surface area (Å²) >= 11 is 11.8. The molecular formula is C18H16Cl2N2O5S. The van der Waals surface area contributed by atoms with Crippen molar-refractivity contribution in [2.45, 2.75) is 11.3 Å². The van der Waals surface area contributed by atoms with Gasteiger partial charge in [-0.05, 0) is 30.3 Å². The maximum atomic E-state index is 12.0. The van der Waals surface area contributed by atoms with E-state index in [1.165, 1.54) is 6.07 Å². The second kappa shape index (κ2) is 8.81. The van der Waals surface area contributed by atoms with Crippen molar-refractivity contribution < 1.29 is 22.7 Å². The van der Waals surface area contributed by atoms with Crippen LogP contribution in [0.1, 0.15) is 12.0 Å². The summed E-state index contributed by atoms with van der Waals surface area (Å²) in [6.45, 7) is 0.271. The molecule has 1 N–H and O–H groups in total. The highest BCUT2D eigenvalue weighted by molar-refractivity contribution is 7.90.